The highest BCUT2D eigenvalue weighted by molar-refractivity contribution is 5.94. The summed E-state index contributed by atoms with van der Waals surface area (Å²) in [6.45, 7) is 0. The maximum absolute atomic E-state index is 3.76. The van der Waals surface area contributed by atoms with Gasteiger partial charge in [0, 0.05) is 46.4 Å². The summed E-state index contributed by atoms with van der Waals surface area (Å²) in [6, 6.07) is 49.7. The Labute approximate surface area is 234 Å². The van der Waals surface area contributed by atoms with Crippen molar-refractivity contribution < 1.29 is 0 Å². The molecule has 0 saturated heterocycles. The zero-order chi connectivity index (χ0) is 26.2. The van der Waals surface area contributed by atoms with E-state index in [1.807, 2.05) is 0 Å². The third-order valence-corrected chi connectivity index (χ3v) is 9.51. The standard InChI is InChI=1S/C38H28N2/c1-5-19-30-24(13-1)35(25-14-2-6-20-31(25)39-30)37-28-17-9-11-23-12-10-18-29(34(23)28)38(37)36-26-15-3-7-21-32(26)40-33-22-8-4-16-27(33)36/h1-22,35-40H. The fraction of sp³-hybridized carbons (Fsp3) is 0.105. The van der Waals surface area contributed by atoms with Crippen LogP contribution in [0.4, 0.5) is 22.7 Å². The van der Waals surface area contributed by atoms with E-state index >= 15 is 0 Å². The van der Waals surface area contributed by atoms with Crippen LogP contribution in [0.3, 0.4) is 0 Å². The van der Waals surface area contributed by atoms with Crippen LogP contribution in [0.1, 0.15) is 57.1 Å². The minimum absolute atomic E-state index is 0.228. The first-order valence-electron chi connectivity index (χ1n) is 14.3. The molecule has 0 amide bonds. The first kappa shape index (κ1) is 22.0. The first-order valence-corrected chi connectivity index (χ1v) is 14.3. The van der Waals surface area contributed by atoms with Crippen molar-refractivity contribution in [2.45, 2.75) is 23.7 Å². The number of para-hydroxylation sites is 4. The van der Waals surface area contributed by atoms with Crippen LogP contribution >= 0.6 is 0 Å². The van der Waals surface area contributed by atoms with Crippen LogP contribution in [0.5, 0.6) is 0 Å². The van der Waals surface area contributed by atoms with Crippen molar-refractivity contribution in [2.75, 3.05) is 10.6 Å². The molecule has 0 bridgehead atoms. The predicted octanol–water partition coefficient (Wildman–Crippen LogP) is 9.80. The maximum atomic E-state index is 3.76. The van der Waals surface area contributed by atoms with E-state index in [1.54, 1.807) is 0 Å². The molecule has 2 N–H and O–H groups in total. The molecular weight excluding hydrogens is 484 g/mol. The van der Waals surface area contributed by atoms with Gasteiger partial charge in [0.2, 0.25) is 0 Å². The molecular formula is C38H28N2. The number of nitrogens with one attached hydrogen (secondary N) is 2. The lowest BCUT2D eigenvalue weighted by molar-refractivity contribution is 0.468. The molecule has 2 unspecified atom stereocenters. The van der Waals surface area contributed by atoms with Gasteiger partial charge >= 0.3 is 0 Å². The van der Waals surface area contributed by atoms with E-state index in [0.29, 0.717) is 0 Å². The molecule has 6 aromatic rings. The average Bonchev–Trinajstić information content (AvgIpc) is 3.33. The SMILES string of the molecule is c1ccc2c(c1)Nc1ccccc1C2C1c2cccc3cccc(c23)C1C1c2ccccc2Nc2ccccc21. The number of rotatable bonds is 2. The van der Waals surface area contributed by atoms with Gasteiger partial charge in [-0.25, -0.2) is 0 Å². The second-order valence-electron chi connectivity index (χ2n) is 11.4. The van der Waals surface area contributed by atoms with E-state index in [0.717, 1.165) is 0 Å². The van der Waals surface area contributed by atoms with Gasteiger partial charge in [0.1, 0.15) is 0 Å². The van der Waals surface area contributed by atoms with Gasteiger partial charge in [-0.15, -0.1) is 0 Å². The van der Waals surface area contributed by atoms with Crippen LogP contribution < -0.4 is 10.6 Å². The van der Waals surface area contributed by atoms with E-state index in [2.05, 4.69) is 144 Å². The van der Waals surface area contributed by atoms with Gasteiger partial charge in [-0.05, 0) is 68.4 Å². The van der Waals surface area contributed by atoms with Gasteiger partial charge in [-0.3, -0.25) is 0 Å². The number of hydrogen-bond acceptors (Lipinski definition) is 2. The second kappa shape index (κ2) is 8.34. The zero-order valence-corrected chi connectivity index (χ0v) is 22.0. The van der Waals surface area contributed by atoms with Crippen molar-refractivity contribution in [3.8, 4) is 0 Å². The van der Waals surface area contributed by atoms with E-state index in [-0.39, 0.29) is 23.7 Å². The molecule has 3 aliphatic rings. The molecule has 1 aliphatic carbocycles. The number of fused-ring (bicyclic) bond motifs is 4. The molecule has 0 aromatic heterocycles. The summed E-state index contributed by atoms with van der Waals surface area (Å²) in [5.74, 6) is 1.00. The molecule has 2 heteroatoms. The van der Waals surface area contributed by atoms with Gasteiger partial charge in [0.05, 0.1) is 0 Å². The largest absolute Gasteiger partial charge is 0.355 e. The Kier molecular flexibility index (Phi) is 4.59. The Morgan fingerprint density at radius 1 is 0.325 bits per heavy atom. The van der Waals surface area contributed by atoms with E-state index in [1.165, 1.54) is 66.9 Å². The highest BCUT2D eigenvalue weighted by atomic mass is 14.9. The Morgan fingerprint density at radius 2 is 0.650 bits per heavy atom. The van der Waals surface area contributed by atoms with E-state index < -0.39 is 0 Å². The van der Waals surface area contributed by atoms with Crippen LogP contribution in [-0.2, 0) is 0 Å². The topological polar surface area (TPSA) is 24.1 Å². The number of hydrogen-bond donors (Lipinski definition) is 2. The van der Waals surface area contributed by atoms with Gasteiger partial charge in [0.25, 0.3) is 0 Å². The first-order chi connectivity index (χ1) is 19.9. The summed E-state index contributed by atoms with van der Waals surface area (Å²) in [6.07, 6.45) is 0. The molecule has 2 aliphatic heterocycles. The maximum Gasteiger partial charge on any atom is 0.0423 e. The summed E-state index contributed by atoms with van der Waals surface area (Å²) in [4.78, 5) is 0. The molecule has 190 valence electrons. The van der Waals surface area contributed by atoms with Gasteiger partial charge in [-0.2, -0.15) is 0 Å². The summed E-state index contributed by atoms with van der Waals surface area (Å²) in [5, 5.41) is 10.3. The summed E-state index contributed by atoms with van der Waals surface area (Å²) < 4.78 is 0. The minimum atomic E-state index is 0.228. The van der Waals surface area contributed by atoms with E-state index in [4.69, 9.17) is 0 Å². The molecule has 9 rings (SSSR count). The quantitative estimate of drug-likeness (QED) is 0.241. The van der Waals surface area contributed by atoms with Gasteiger partial charge in [0.15, 0.2) is 0 Å². The van der Waals surface area contributed by atoms with Gasteiger partial charge in [-0.1, -0.05) is 109 Å². The predicted molar refractivity (Wildman–Crippen MR) is 165 cm³/mol. The molecule has 0 spiro atoms. The molecule has 0 radical (unpaired) electrons. The zero-order valence-electron chi connectivity index (χ0n) is 22.0. The Morgan fingerprint density at radius 3 is 1.02 bits per heavy atom. The highest BCUT2D eigenvalue weighted by Gasteiger charge is 2.48. The van der Waals surface area contributed by atoms with Crippen LogP contribution in [-0.4, -0.2) is 0 Å². The van der Waals surface area contributed by atoms with Crippen LogP contribution in [0.2, 0.25) is 0 Å². The molecule has 6 aromatic carbocycles. The van der Waals surface area contributed by atoms with Crippen molar-refractivity contribution in [3.63, 3.8) is 0 Å². The molecule has 0 saturated carbocycles. The van der Waals surface area contributed by atoms with Crippen molar-refractivity contribution in [1.82, 2.24) is 0 Å². The normalized spacial score (nSPS) is 18.7. The third-order valence-electron chi connectivity index (χ3n) is 9.51. The highest BCUT2D eigenvalue weighted by Crippen LogP contribution is 2.64. The molecule has 2 atom stereocenters. The lowest BCUT2D eigenvalue weighted by Crippen LogP contribution is -2.27. The van der Waals surface area contributed by atoms with Crippen molar-refractivity contribution >= 4 is 33.5 Å². The minimum Gasteiger partial charge on any atom is -0.355 e. The van der Waals surface area contributed by atoms with Crippen LogP contribution in [0.25, 0.3) is 10.8 Å². The monoisotopic (exact) mass is 512 g/mol. The fourth-order valence-corrected chi connectivity index (χ4v) is 8.04. The Hall–Kier alpha value is -4.82. The van der Waals surface area contributed by atoms with Crippen molar-refractivity contribution in [1.29, 1.82) is 0 Å². The summed E-state index contributed by atoms with van der Waals surface area (Å²) in [7, 11) is 0. The fourth-order valence-electron chi connectivity index (χ4n) is 8.04. The lowest BCUT2D eigenvalue weighted by Gasteiger charge is -2.41. The average molecular weight is 513 g/mol. The smallest absolute Gasteiger partial charge is 0.0423 e. The third kappa shape index (κ3) is 2.99. The Balaban J connectivity index is 1.37. The van der Waals surface area contributed by atoms with Crippen molar-refractivity contribution in [2.24, 2.45) is 0 Å². The molecule has 2 heterocycles. The molecule has 0 fully saturated rings. The second-order valence-corrected chi connectivity index (χ2v) is 11.4. The molecule has 40 heavy (non-hydrogen) atoms. The summed E-state index contributed by atoms with van der Waals surface area (Å²) >= 11 is 0. The van der Waals surface area contributed by atoms with Crippen molar-refractivity contribution in [3.05, 3.63) is 167 Å². The van der Waals surface area contributed by atoms with E-state index in [9.17, 15) is 0 Å². The molecule has 2 nitrogen and oxygen atoms in total. The number of anilines is 4. The van der Waals surface area contributed by atoms with Crippen LogP contribution in [0, 0.1) is 0 Å². The lowest BCUT2D eigenvalue weighted by atomic mass is 9.64. The summed E-state index contributed by atoms with van der Waals surface area (Å²) in [5.41, 5.74) is 13.4. The Bertz CT molecular complexity index is 1720. The van der Waals surface area contributed by atoms with Gasteiger partial charge < -0.3 is 10.6 Å². The number of benzene rings is 6. The van der Waals surface area contributed by atoms with Crippen LogP contribution in [0.15, 0.2) is 133 Å².